The Morgan fingerprint density at radius 1 is 1.53 bits per heavy atom. The Hall–Kier alpha value is -0.650. The summed E-state index contributed by atoms with van der Waals surface area (Å²) in [4.78, 5) is 6.42. The highest BCUT2D eigenvalue weighted by Gasteiger charge is 2.09. The number of ether oxygens (including phenoxy) is 1. The first-order valence-electron chi connectivity index (χ1n) is 4.84. The van der Waals surface area contributed by atoms with Gasteiger partial charge in [0.25, 0.3) is 0 Å². The second-order valence-corrected chi connectivity index (χ2v) is 3.93. The van der Waals surface area contributed by atoms with Gasteiger partial charge >= 0.3 is 0 Å². The van der Waals surface area contributed by atoms with E-state index in [9.17, 15) is 0 Å². The molecule has 0 aliphatic carbocycles. The van der Waals surface area contributed by atoms with Crippen LogP contribution in [0.25, 0.3) is 0 Å². The molecule has 84 valence electrons. The topological polar surface area (TPSA) is 51.4 Å². The molecule has 0 saturated carbocycles. The van der Waals surface area contributed by atoms with Gasteiger partial charge in [0.15, 0.2) is 0 Å². The summed E-state index contributed by atoms with van der Waals surface area (Å²) in [5, 5.41) is 0. The Kier molecular flexibility index (Phi) is 5.60. The monoisotopic (exact) mass is 273 g/mol. The number of nitrogens with two attached hydrogens (primary N) is 1. The summed E-state index contributed by atoms with van der Waals surface area (Å²) >= 11 is 3.47. The number of rotatable bonds is 6. The van der Waals surface area contributed by atoms with Crippen molar-refractivity contribution < 1.29 is 4.74 Å². The van der Waals surface area contributed by atoms with E-state index in [0.717, 1.165) is 23.4 Å². The average Bonchev–Trinajstić information content (AvgIpc) is 2.25. The molecule has 0 aliphatic rings. The molecule has 15 heavy (non-hydrogen) atoms. The largest absolute Gasteiger partial charge is 0.383 e. The molecule has 0 atom stereocenters. The van der Waals surface area contributed by atoms with Crippen molar-refractivity contribution in [1.82, 2.24) is 4.98 Å². The van der Waals surface area contributed by atoms with Crippen LogP contribution in [0.4, 0.5) is 5.82 Å². The fourth-order valence-electron chi connectivity index (χ4n) is 1.29. The lowest BCUT2D eigenvalue weighted by Crippen LogP contribution is -2.33. The van der Waals surface area contributed by atoms with Gasteiger partial charge in [-0.3, -0.25) is 0 Å². The first kappa shape index (κ1) is 12.4. The maximum Gasteiger partial charge on any atom is 0.142 e. The van der Waals surface area contributed by atoms with Crippen molar-refractivity contribution in [2.24, 2.45) is 5.73 Å². The van der Waals surface area contributed by atoms with Gasteiger partial charge in [0.2, 0.25) is 0 Å². The molecule has 4 nitrogen and oxygen atoms in total. The van der Waals surface area contributed by atoms with Crippen LogP contribution in [0.1, 0.15) is 0 Å². The molecule has 5 heteroatoms. The van der Waals surface area contributed by atoms with E-state index < -0.39 is 0 Å². The Labute approximate surface area is 98.6 Å². The summed E-state index contributed by atoms with van der Waals surface area (Å²) < 4.78 is 6.04. The zero-order chi connectivity index (χ0) is 11.1. The standard InChI is InChI=1S/C10H16BrN3O/c1-15-8-7-14(6-4-12)10-9(11)3-2-5-13-10/h2-3,5H,4,6-8,12H2,1H3. The summed E-state index contributed by atoms with van der Waals surface area (Å²) in [7, 11) is 1.69. The zero-order valence-corrected chi connectivity index (χ0v) is 10.4. The van der Waals surface area contributed by atoms with Crippen LogP contribution in [0.2, 0.25) is 0 Å². The number of aromatic nitrogens is 1. The van der Waals surface area contributed by atoms with Gasteiger partial charge in [-0.25, -0.2) is 4.98 Å². The molecule has 0 unspecified atom stereocenters. The van der Waals surface area contributed by atoms with E-state index in [2.05, 4.69) is 25.8 Å². The molecule has 1 aromatic rings. The Morgan fingerprint density at radius 2 is 2.33 bits per heavy atom. The molecule has 1 heterocycles. The number of nitrogens with zero attached hydrogens (tertiary/aromatic N) is 2. The fraction of sp³-hybridized carbons (Fsp3) is 0.500. The zero-order valence-electron chi connectivity index (χ0n) is 8.82. The lowest BCUT2D eigenvalue weighted by molar-refractivity contribution is 0.205. The maximum absolute atomic E-state index is 5.56. The minimum Gasteiger partial charge on any atom is -0.383 e. The van der Waals surface area contributed by atoms with Gasteiger partial charge in [0.05, 0.1) is 11.1 Å². The molecule has 0 radical (unpaired) electrons. The van der Waals surface area contributed by atoms with Crippen LogP contribution in [0.5, 0.6) is 0 Å². The molecule has 0 spiro atoms. The Morgan fingerprint density at radius 3 is 2.93 bits per heavy atom. The van der Waals surface area contributed by atoms with Gasteiger partial charge in [-0.15, -0.1) is 0 Å². The first-order chi connectivity index (χ1) is 7.29. The van der Waals surface area contributed by atoms with Crippen LogP contribution in [0.15, 0.2) is 22.8 Å². The highest BCUT2D eigenvalue weighted by atomic mass is 79.9. The Balaban J connectivity index is 2.74. The van der Waals surface area contributed by atoms with E-state index in [4.69, 9.17) is 10.5 Å². The highest BCUT2D eigenvalue weighted by Crippen LogP contribution is 2.22. The summed E-state index contributed by atoms with van der Waals surface area (Å²) in [5.74, 6) is 0.917. The minimum atomic E-state index is 0.604. The SMILES string of the molecule is COCCN(CCN)c1ncccc1Br. The van der Waals surface area contributed by atoms with E-state index in [1.807, 2.05) is 12.1 Å². The molecule has 1 rings (SSSR count). The minimum absolute atomic E-state index is 0.604. The number of anilines is 1. The third kappa shape index (κ3) is 3.77. The van der Waals surface area contributed by atoms with Crippen molar-refractivity contribution in [2.75, 3.05) is 38.3 Å². The average molecular weight is 274 g/mol. The van der Waals surface area contributed by atoms with Crippen LogP contribution < -0.4 is 10.6 Å². The number of methoxy groups -OCH3 is 1. The third-order valence-electron chi connectivity index (χ3n) is 2.00. The molecular weight excluding hydrogens is 258 g/mol. The van der Waals surface area contributed by atoms with Crippen LogP contribution >= 0.6 is 15.9 Å². The second kappa shape index (κ2) is 6.76. The van der Waals surface area contributed by atoms with Gasteiger partial charge in [-0.2, -0.15) is 0 Å². The second-order valence-electron chi connectivity index (χ2n) is 3.08. The lowest BCUT2D eigenvalue weighted by atomic mass is 10.4. The molecule has 0 fully saturated rings. The van der Waals surface area contributed by atoms with Gasteiger partial charge in [-0.1, -0.05) is 0 Å². The van der Waals surface area contributed by atoms with Crippen molar-refractivity contribution in [2.45, 2.75) is 0 Å². The quantitative estimate of drug-likeness (QED) is 0.848. The fourth-order valence-corrected chi connectivity index (χ4v) is 1.80. The summed E-state index contributed by atoms with van der Waals surface area (Å²) in [5.41, 5.74) is 5.56. The maximum atomic E-state index is 5.56. The number of halogens is 1. The summed E-state index contributed by atoms with van der Waals surface area (Å²) in [6.07, 6.45) is 1.77. The molecule has 0 bridgehead atoms. The van der Waals surface area contributed by atoms with E-state index in [1.54, 1.807) is 13.3 Å². The van der Waals surface area contributed by atoms with Crippen LogP contribution in [0, 0.1) is 0 Å². The Bertz CT molecular complexity index is 296. The third-order valence-corrected chi connectivity index (χ3v) is 2.62. The van der Waals surface area contributed by atoms with Crippen molar-refractivity contribution in [3.63, 3.8) is 0 Å². The van der Waals surface area contributed by atoms with E-state index in [0.29, 0.717) is 13.2 Å². The normalized spacial score (nSPS) is 10.3. The summed E-state index contributed by atoms with van der Waals surface area (Å²) in [6, 6.07) is 3.86. The lowest BCUT2D eigenvalue weighted by Gasteiger charge is -2.23. The predicted octanol–water partition coefficient (Wildman–Crippen LogP) is 1.26. The van der Waals surface area contributed by atoms with E-state index >= 15 is 0 Å². The number of hydrogen-bond acceptors (Lipinski definition) is 4. The van der Waals surface area contributed by atoms with Crippen molar-refractivity contribution in [1.29, 1.82) is 0 Å². The van der Waals surface area contributed by atoms with Crippen molar-refractivity contribution in [3.8, 4) is 0 Å². The highest BCUT2D eigenvalue weighted by molar-refractivity contribution is 9.10. The van der Waals surface area contributed by atoms with E-state index in [1.165, 1.54) is 0 Å². The molecule has 0 saturated heterocycles. The molecule has 0 aromatic carbocycles. The van der Waals surface area contributed by atoms with E-state index in [-0.39, 0.29) is 0 Å². The van der Waals surface area contributed by atoms with Gasteiger partial charge in [0.1, 0.15) is 5.82 Å². The molecule has 2 N–H and O–H groups in total. The molecule has 0 amide bonds. The van der Waals surface area contributed by atoms with Crippen LogP contribution in [0.3, 0.4) is 0 Å². The molecule has 0 aliphatic heterocycles. The predicted molar refractivity (Wildman–Crippen MR) is 65.1 cm³/mol. The first-order valence-corrected chi connectivity index (χ1v) is 5.63. The van der Waals surface area contributed by atoms with Gasteiger partial charge in [0, 0.05) is 32.9 Å². The van der Waals surface area contributed by atoms with Crippen molar-refractivity contribution >= 4 is 21.7 Å². The van der Waals surface area contributed by atoms with Crippen molar-refractivity contribution in [3.05, 3.63) is 22.8 Å². The summed E-state index contributed by atoms with van der Waals surface area (Å²) in [6.45, 7) is 2.85. The van der Waals surface area contributed by atoms with Crippen LogP contribution in [-0.2, 0) is 4.74 Å². The number of pyridine rings is 1. The van der Waals surface area contributed by atoms with Crippen LogP contribution in [-0.4, -0.2) is 38.3 Å². The van der Waals surface area contributed by atoms with Gasteiger partial charge < -0.3 is 15.4 Å². The van der Waals surface area contributed by atoms with Gasteiger partial charge in [-0.05, 0) is 28.1 Å². The smallest absolute Gasteiger partial charge is 0.142 e. The molecule has 1 aromatic heterocycles. The molecular formula is C10H16BrN3O. The number of hydrogen-bond donors (Lipinski definition) is 1.